The number of nitrogens with one attached hydrogen (secondary N) is 1. The number of aliphatic hydroxyl groups excluding tert-OH is 1. The van der Waals surface area contributed by atoms with Gasteiger partial charge >= 0.3 is 0 Å². The number of anilines is 1. The summed E-state index contributed by atoms with van der Waals surface area (Å²) < 4.78 is 51.7. The average molecular weight is 305 g/mol. The number of sulfonamides is 1. The molecule has 0 bridgehead atoms. The molecule has 0 amide bonds. The third-order valence-corrected chi connectivity index (χ3v) is 5.17. The maximum absolute atomic E-state index is 13.0. The van der Waals surface area contributed by atoms with E-state index in [0.717, 1.165) is 29.5 Å². The molecule has 0 spiro atoms. The van der Waals surface area contributed by atoms with Crippen molar-refractivity contribution in [2.75, 3.05) is 4.72 Å². The van der Waals surface area contributed by atoms with Crippen molar-refractivity contribution in [2.24, 2.45) is 0 Å². The Kier molecular flexibility index (Phi) is 3.83. The standard InChI is InChI=1S/C11H9F2NO3S2/c12-9-3-1-7(5-10(9)13)14-19(16,17)11-4-2-8(6-15)18-11/h1-5,14-15H,6H2. The molecular formula is C11H9F2NO3S2. The fraction of sp³-hybridized carbons (Fsp3) is 0.0909. The van der Waals surface area contributed by atoms with Gasteiger partial charge in [0, 0.05) is 10.9 Å². The van der Waals surface area contributed by atoms with Crippen LogP contribution in [0.25, 0.3) is 0 Å². The molecule has 0 fully saturated rings. The molecule has 2 N–H and O–H groups in total. The molecular weight excluding hydrogens is 296 g/mol. The molecule has 1 aromatic heterocycles. The van der Waals surface area contributed by atoms with Crippen LogP contribution >= 0.6 is 11.3 Å². The molecule has 0 saturated carbocycles. The lowest BCUT2D eigenvalue weighted by Gasteiger charge is -2.06. The number of thiophene rings is 1. The van der Waals surface area contributed by atoms with E-state index in [2.05, 4.69) is 4.72 Å². The summed E-state index contributed by atoms with van der Waals surface area (Å²) in [6.07, 6.45) is 0. The van der Waals surface area contributed by atoms with E-state index in [4.69, 9.17) is 5.11 Å². The van der Waals surface area contributed by atoms with E-state index in [1.165, 1.54) is 12.1 Å². The third-order valence-electron chi connectivity index (χ3n) is 2.23. The fourth-order valence-corrected chi connectivity index (χ4v) is 3.62. The summed E-state index contributed by atoms with van der Waals surface area (Å²) in [6, 6.07) is 5.52. The first-order valence-electron chi connectivity index (χ1n) is 5.10. The zero-order valence-corrected chi connectivity index (χ0v) is 11.1. The number of benzene rings is 1. The van der Waals surface area contributed by atoms with Gasteiger partial charge in [-0.05, 0) is 24.3 Å². The Bertz CT molecular complexity index is 698. The van der Waals surface area contributed by atoms with Gasteiger partial charge in [-0.1, -0.05) is 0 Å². The van der Waals surface area contributed by atoms with Crippen LogP contribution in [-0.2, 0) is 16.6 Å². The number of rotatable bonds is 4. The highest BCUT2D eigenvalue weighted by atomic mass is 32.2. The minimum Gasteiger partial charge on any atom is -0.391 e. The van der Waals surface area contributed by atoms with Gasteiger partial charge in [-0.3, -0.25) is 4.72 Å². The molecule has 19 heavy (non-hydrogen) atoms. The molecule has 2 rings (SSSR count). The van der Waals surface area contributed by atoms with Gasteiger partial charge in [-0.25, -0.2) is 17.2 Å². The van der Waals surface area contributed by atoms with Gasteiger partial charge in [-0.15, -0.1) is 11.3 Å². The van der Waals surface area contributed by atoms with E-state index in [9.17, 15) is 17.2 Å². The smallest absolute Gasteiger partial charge is 0.271 e. The molecule has 0 unspecified atom stereocenters. The normalized spacial score (nSPS) is 11.5. The molecule has 102 valence electrons. The lowest BCUT2D eigenvalue weighted by molar-refractivity contribution is 0.285. The molecule has 0 aliphatic heterocycles. The first-order chi connectivity index (χ1) is 8.92. The van der Waals surface area contributed by atoms with Gasteiger partial charge in [0.1, 0.15) is 4.21 Å². The van der Waals surface area contributed by atoms with E-state index in [1.54, 1.807) is 0 Å². The van der Waals surface area contributed by atoms with Crippen LogP contribution in [0.4, 0.5) is 14.5 Å². The monoisotopic (exact) mass is 305 g/mol. The van der Waals surface area contributed by atoms with Crippen LogP contribution in [0, 0.1) is 11.6 Å². The van der Waals surface area contributed by atoms with Gasteiger partial charge in [0.15, 0.2) is 11.6 Å². The largest absolute Gasteiger partial charge is 0.391 e. The third kappa shape index (κ3) is 3.09. The average Bonchev–Trinajstić information content (AvgIpc) is 2.83. The summed E-state index contributed by atoms with van der Waals surface area (Å²) >= 11 is 0.898. The summed E-state index contributed by atoms with van der Waals surface area (Å²) in [7, 11) is -3.86. The lowest BCUT2D eigenvalue weighted by Crippen LogP contribution is -2.11. The maximum atomic E-state index is 13.0. The second-order valence-corrected chi connectivity index (χ2v) is 6.69. The molecule has 4 nitrogen and oxygen atoms in total. The number of halogens is 2. The molecule has 8 heteroatoms. The lowest BCUT2D eigenvalue weighted by atomic mass is 10.3. The van der Waals surface area contributed by atoms with Gasteiger partial charge in [-0.2, -0.15) is 0 Å². The van der Waals surface area contributed by atoms with Gasteiger partial charge in [0.25, 0.3) is 10.0 Å². The van der Waals surface area contributed by atoms with Crippen LogP contribution in [0.5, 0.6) is 0 Å². The van der Waals surface area contributed by atoms with Crippen molar-refractivity contribution in [3.05, 3.63) is 46.8 Å². The quantitative estimate of drug-likeness (QED) is 0.911. The Labute approximate surface area is 112 Å². The van der Waals surface area contributed by atoms with Crippen molar-refractivity contribution in [3.8, 4) is 0 Å². The van der Waals surface area contributed by atoms with Gasteiger partial charge < -0.3 is 5.11 Å². The van der Waals surface area contributed by atoms with Crippen molar-refractivity contribution in [1.29, 1.82) is 0 Å². The Morgan fingerprint density at radius 3 is 2.47 bits per heavy atom. The number of aliphatic hydroxyl groups is 1. The SMILES string of the molecule is O=S(=O)(Nc1ccc(F)c(F)c1)c1ccc(CO)s1. The fourth-order valence-electron chi connectivity index (χ4n) is 1.35. The summed E-state index contributed by atoms with van der Waals surface area (Å²) in [5.41, 5.74) is -0.0714. The van der Waals surface area contributed by atoms with Crippen LogP contribution < -0.4 is 4.72 Å². The van der Waals surface area contributed by atoms with Crippen LogP contribution in [0.15, 0.2) is 34.5 Å². The Balaban J connectivity index is 2.28. The summed E-state index contributed by atoms with van der Waals surface area (Å²) in [4.78, 5) is 0.491. The summed E-state index contributed by atoms with van der Waals surface area (Å²) in [5, 5.41) is 8.88. The van der Waals surface area contributed by atoms with E-state index in [0.29, 0.717) is 4.88 Å². The Morgan fingerprint density at radius 2 is 1.89 bits per heavy atom. The summed E-state index contributed by atoms with van der Waals surface area (Å²) in [6.45, 7) is -0.259. The van der Waals surface area contributed by atoms with Gasteiger partial charge in [0.2, 0.25) is 0 Å². The van der Waals surface area contributed by atoms with E-state index in [-0.39, 0.29) is 16.5 Å². The predicted molar refractivity (Wildman–Crippen MR) is 67.4 cm³/mol. The van der Waals surface area contributed by atoms with Crippen molar-refractivity contribution in [2.45, 2.75) is 10.8 Å². The predicted octanol–water partition coefficient (Wildman–Crippen LogP) is 2.32. The molecule has 0 aliphatic carbocycles. The minimum absolute atomic E-state index is 0.0127. The highest BCUT2D eigenvalue weighted by Gasteiger charge is 2.17. The van der Waals surface area contributed by atoms with Crippen LogP contribution in [0.1, 0.15) is 4.88 Å². The Hall–Kier alpha value is -1.51. The van der Waals surface area contributed by atoms with Crippen molar-refractivity contribution < 1.29 is 22.3 Å². The molecule has 2 aromatic rings. The van der Waals surface area contributed by atoms with Crippen molar-refractivity contribution in [1.82, 2.24) is 0 Å². The van der Waals surface area contributed by atoms with E-state index < -0.39 is 21.7 Å². The van der Waals surface area contributed by atoms with Crippen molar-refractivity contribution in [3.63, 3.8) is 0 Å². The highest BCUT2D eigenvalue weighted by Crippen LogP contribution is 2.24. The maximum Gasteiger partial charge on any atom is 0.271 e. The molecule has 0 radical (unpaired) electrons. The molecule has 0 saturated heterocycles. The van der Waals surface area contributed by atoms with Crippen LogP contribution in [0.2, 0.25) is 0 Å². The zero-order chi connectivity index (χ0) is 14.0. The summed E-state index contributed by atoms with van der Waals surface area (Å²) in [5.74, 6) is -2.19. The second-order valence-electron chi connectivity index (χ2n) is 3.61. The molecule has 0 atom stereocenters. The molecule has 1 heterocycles. The highest BCUT2D eigenvalue weighted by molar-refractivity contribution is 7.94. The van der Waals surface area contributed by atoms with E-state index >= 15 is 0 Å². The van der Waals surface area contributed by atoms with Crippen LogP contribution in [-0.4, -0.2) is 13.5 Å². The molecule has 0 aliphatic rings. The van der Waals surface area contributed by atoms with Crippen molar-refractivity contribution >= 4 is 27.0 Å². The molecule has 1 aromatic carbocycles. The first-order valence-corrected chi connectivity index (χ1v) is 7.40. The van der Waals surface area contributed by atoms with E-state index in [1.807, 2.05) is 0 Å². The Morgan fingerprint density at radius 1 is 1.16 bits per heavy atom. The minimum atomic E-state index is -3.86. The second kappa shape index (κ2) is 5.24. The number of hydrogen-bond acceptors (Lipinski definition) is 4. The number of hydrogen-bond donors (Lipinski definition) is 2. The zero-order valence-electron chi connectivity index (χ0n) is 9.43. The topological polar surface area (TPSA) is 66.4 Å². The van der Waals surface area contributed by atoms with Gasteiger partial charge in [0.05, 0.1) is 12.3 Å². The first kappa shape index (κ1) is 13.9. The van der Waals surface area contributed by atoms with Crippen LogP contribution in [0.3, 0.4) is 0 Å².